The third-order valence-electron chi connectivity index (χ3n) is 2.76. The molecule has 2 nitrogen and oxygen atoms in total. The molecule has 0 aliphatic carbocycles. The highest BCUT2D eigenvalue weighted by atomic mass is 16.2. The Morgan fingerprint density at radius 2 is 1.81 bits per heavy atom. The van der Waals surface area contributed by atoms with Gasteiger partial charge in [-0.25, -0.2) is 0 Å². The van der Waals surface area contributed by atoms with Crippen molar-refractivity contribution in [1.29, 1.82) is 0 Å². The molecule has 0 aromatic heterocycles. The second-order valence-electron chi connectivity index (χ2n) is 4.07. The average molecular weight is 223 g/mol. The fourth-order valence-electron chi connectivity index (χ4n) is 1.78. The minimum atomic E-state index is 0.167. The molecule has 16 heavy (non-hydrogen) atoms. The van der Waals surface area contributed by atoms with Crippen LogP contribution in [0, 0.1) is 5.92 Å². The molecule has 0 fully saturated rings. The number of carbonyl (C=O) groups is 1. The summed E-state index contributed by atoms with van der Waals surface area (Å²) >= 11 is 0. The summed E-state index contributed by atoms with van der Waals surface area (Å²) < 4.78 is 0. The molecule has 0 unspecified atom stereocenters. The SMILES string of the molecule is C=CCN(CC=C)C(=O)[C@H](CC)CCCC. The fraction of sp³-hybridized carbons (Fsp3) is 0.643. The lowest BCUT2D eigenvalue weighted by molar-refractivity contribution is -0.134. The Bertz CT molecular complexity index is 213. The number of rotatable bonds is 9. The molecule has 0 radical (unpaired) electrons. The minimum Gasteiger partial charge on any atom is -0.335 e. The van der Waals surface area contributed by atoms with Crippen LogP contribution in [0.25, 0.3) is 0 Å². The van der Waals surface area contributed by atoms with E-state index in [4.69, 9.17) is 0 Å². The normalized spacial score (nSPS) is 11.9. The van der Waals surface area contributed by atoms with E-state index in [1.807, 2.05) is 4.90 Å². The van der Waals surface area contributed by atoms with E-state index < -0.39 is 0 Å². The van der Waals surface area contributed by atoms with E-state index in [0.29, 0.717) is 13.1 Å². The van der Waals surface area contributed by atoms with Gasteiger partial charge in [-0.3, -0.25) is 4.79 Å². The molecule has 2 heteroatoms. The number of nitrogens with zero attached hydrogens (tertiary/aromatic N) is 1. The molecule has 92 valence electrons. The maximum absolute atomic E-state index is 12.2. The highest BCUT2D eigenvalue weighted by Crippen LogP contribution is 2.15. The number of unbranched alkanes of at least 4 members (excludes halogenated alkanes) is 1. The summed E-state index contributed by atoms with van der Waals surface area (Å²) in [5.74, 6) is 0.413. The Hall–Kier alpha value is -1.05. The lowest BCUT2D eigenvalue weighted by Crippen LogP contribution is -2.36. The third-order valence-corrected chi connectivity index (χ3v) is 2.76. The summed E-state index contributed by atoms with van der Waals surface area (Å²) in [6.45, 7) is 12.8. The van der Waals surface area contributed by atoms with Gasteiger partial charge in [0.2, 0.25) is 5.91 Å². The maximum atomic E-state index is 12.2. The van der Waals surface area contributed by atoms with E-state index in [1.165, 1.54) is 0 Å². The molecule has 0 saturated carbocycles. The number of amides is 1. The van der Waals surface area contributed by atoms with E-state index in [2.05, 4.69) is 27.0 Å². The fourth-order valence-corrected chi connectivity index (χ4v) is 1.78. The molecule has 0 aliphatic rings. The Kier molecular flexibility index (Phi) is 8.59. The first-order valence-corrected chi connectivity index (χ1v) is 6.21. The van der Waals surface area contributed by atoms with Gasteiger partial charge in [0.05, 0.1) is 0 Å². The van der Waals surface area contributed by atoms with Gasteiger partial charge >= 0.3 is 0 Å². The van der Waals surface area contributed by atoms with Crippen molar-refractivity contribution in [2.24, 2.45) is 5.92 Å². The zero-order valence-electron chi connectivity index (χ0n) is 10.7. The van der Waals surface area contributed by atoms with Gasteiger partial charge in [-0.2, -0.15) is 0 Å². The van der Waals surface area contributed by atoms with Gasteiger partial charge in [-0.15, -0.1) is 13.2 Å². The first kappa shape index (κ1) is 14.9. The molecule has 0 aliphatic heterocycles. The van der Waals surface area contributed by atoms with E-state index in [-0.39, 0.29) is 11.8 Å². The highest BCUT2D eigenvalue weighted by molar-refractivity contribution is 5.79. The van der Waals surface area contributed by atoms with Crippen molar-refractivity contribution in [3.05, 3.63) is 25.3 Å². The zero-order chi connectivity index (χ0) is 12.4. The van der Waals surface area contributed by atoms with Gasteiger partial charge in [0.25, 0.3) is 0 Å². The van der Waals surface area contributed by atoms with Gasteiger partial charge in [0, 0.05) is 19.0 Å². The topological polar surface area (TPSA) is 20.3 Å². The van der Waals surface area contributed by atoms with Crippen LogP contribution in [0.2, 0.25) is 0 Å². The predicted octanol–water partition coefficient (Wildman–Crippen LogP) is 3.40. The first-order chi connectivity index (χ1) is 7.71. The molecular weight excluding hydrogens is 198 g/mol. The first-order valence-electron chi connectivity index (χ1n) is 6.21. The van der Waals surface area contributed by atoms with Crippen LogP contribution in [-0.2, 0) is 4.79 Å². The monoisotopic (exact) mass is 223 g/mol. The van der Waals surface area contributed by atoms with Crippen LogP contribution in [-0.4, -0.2) is 23.9 Å². The van der Waals surface area contributed by atoms with E-state index in [9.17, 15) is 4.79 Å². The Morgan fingerprint density at radius 1 is 1.25 bits per heavy atom. The van der Waals surface area contributed by atoms with E-state index in [1.54, 1.807) is 12.2 Å². The average Bonchev–Trinajstić information content (AvgIpc) is 2.29. The van der Waals surface area contributed by atoms with Crippen LogP contribution in [0.15, 0.2) is 25.3 Å². The largest absolute Gasteiger partial charge is 0.335 e. The molecule has 0 spiro atoms. The van der Waals surface area contributed by atoms with Gasteiger partial charge in [0.15, 0.2) is 0 Å². The summed E-state index contributed by atoms with van der Waals surface area (Å²) in [6.07, 6.45) is 7.73. The molecule has 0 rings (SSSR count). The summed E-state index contributed by atoms with van der Waals surface area (Å²) in [6, 6.07) is 0. The Balaban J connectivity index is 4.40. The molecule has 0 bridgehead atoms. The van der Waals surface area contributed by atoms with Crippen LogP contribution < -0.4 is 0 Å². The van der Waals surface area contributed by atoms with Crippen LogP contribution in [0.3, 0.4) is 0 Å². The van der Waals surface area contributed by atoms with Crippen LogP contribution in [0.4, 0.5) is 0 Å². The van der Waals surface area contributed by atoms with Crippen molar-refractivity contribution in [3.63, 3.8) is 0 Å². The molecule has 0 N–H and O–H groups in total. The predicted molar refractivity (Wildman–Crippen MR) is 70.3 cm³/mol. The standard InChI is InChI=1S/C14H25NO/c1-5-9-10-13(8-4)14(16)15(11-6-2)12-7-3/h6-7,13H,2-3,5,8-12H2,1,4H3/t13-/m1/s1. The van der Waals surface area contributed by atoms with Crippen molar-refractivity contribution in [1.82, 2.24) is 4.90 Å². The number of hydrogen-bond acceptors (Lipinski definition) is 1. The molecule has 0 saturated heterocycles. The van der Waals surface area contributed by atoms with Crippen molar-refractivity contribution < 1.29 is 4.79 Å². The molecule has 0 heterocycles. The van der Waals surface area contributed by atoms with Crippen LogP contribution in [0.1, 0.15) is 39.5 Å². The van der Waals surface area contributed by atoms with Gasteiger partial charge in [-0.1, -0.05) is 38.8 Å². The number of carbonyl (C=O) groups excluding carboxylic acids is 1. The highest BCUT2D eigenvalue weighted by Gasteiger charge is 2.20. The van der Waals surface area contributed by atoms with Gasteiger partial charge in [0.1, 0.15) is 0 Å². The van der Waals surface area contributed by atoms with Crippen LogP contribution in [0.5, 0.6) is 0 Å². The van der Waals surface area contributed by atoms with Crippen molar-refractivity contribution in [2.45, 2.75) is 39.5 Å². The lowest BCUT2D eigenvalue weighted by Gasteiger charge is -2.24. The van der Waals surface area contributed by atoms with Crippen molar-refractivity contribution >= 4 is 5.91 Å². The molecule has 0 aromatic rings. The zero-order valence-corrected chi connectivity index (χ0v) is 10.7. The van der Waals surface area contributed by atoms with Crippen molar-refractivity contribution in [2.75, 3.05) is 13.1 Å². The third kappa shape index (κ3) is 5.15. The van der Waals surface area contributed by atoms with Crippen molar-refractivity contribution in [3.8, 4) is 0 Å². The summed E-state index contributed by atoms with van der Waals surface area (Å²) in [7, 11) is 0. The summed E-state index contributed by atoms with van der Waals surface area (Å²) in [5, 5.41) is 0. The molecule has 0 aromatic carbocycles. The number of hydrogen-bond donors (Lipinski definition) is 0. The molecular formula is C14H25NO. The van der Waals surface area contributed by atoms with Crippen LogP contribution >= 0.6 is 0 Å². The maximum Gasteiger partial charge on any atom is 0.226 e. The summed E-state index contributed by atoms with van der Waals surface area (Å²) in [5.41, 5.74) is 0. The molecule has 1 atom stereocenters. The second-order valence-corrected chi connectivity index (χ2v) is 4.07. The van der Waals surface area contributed by atoms with E-state index >= 15 is 0 Å². The Morgan fingerprint density at radius 3 is 2.19 bits per heavy atom. The smallest absolute Gasteiger partial charge is 0.226 e. The quantitative estimate of drug-likeness (QED) is 0.549. The van der Waals surface area contributed by atoms with Gasteiger partial charge in [-0.05, 0) is 12.8 Å². The Labute approximate surface area is 100 Å². The minimum absolute atomic E-state index is 0.167. The van der Waals surface area contributed by atoms with E-state index in [0.717, 1.165) is 25.7 Å². The van der Waals surface area contributed by atoms with Gasteiger partial charge < -0.3 is 4.90 Å². The summed E-state index contributed by atoms with van der Waals surface area (Å²) in [4.78, 5) is 14.0. The molecule has 1 amide bonds. The lowest BCUT2D eigenvalue weighted by atomic mass is 9.97. The second kappa shape index (κ2) is 9.20.